The van der Waals surface area contributed by atoms with Crippen molar-refractivity contribution >= 4 is 5.78 Å². The van der Waals surface area contributed by atoms with Crippen molar-refractivity contribution in [1.82, 2.24) is 0 Å². The van der Waals surface area contributed by atoms with E-state index in [1.165, 1.54) is 12.0 Å². The number of Topliss-reactive ketones (excluding diaryl/α,β-unsaturated/α-hetero) is 1. The Morgan fingerprint density at radius 3 is 2.74 bits per heavy atom. The van der Waals surface area contributed by atoms with Gasteiger partial charge in [-0.2, -0.15) is 0 Å². The van der Waals surface area contributed by atoms with Crippen molar-refractivity contribution in [3.05, 3.63) is 35.9 Å². The SMILES string of the molecule is CCOC12C3CCC(C(=O)C3)C1C2c1ccccc1. The second-order valence-electron chi connectivity index (χ2n) is 6.25. The van der Waals surface area contributed by atoms with E-state index in [2.05, 4.69) is 37.3 Å². The maximum absolute atomic E-state index is 12.2. The standard InChI is InChI=1S/C17H20O2/c1-2-19-17-12-8-9-13(14(18)10-12)16(17)15(17)11-6-4-3-5-7-11/h3-7,12-13,15-16H,2,8-10H2,1H3. The lowest BCUT2D eigenvalue weighted by Gasteiger charge is -2.40. The summed E-state index contributed by atoms with van der Waals surface area (Å²) in [4.78, 5) is 12.2. The number of fused-ring (bicyclic) bond motifs is 2. The molecular weight excluding hydrogens is 236 g/mol. The fourth-order valence-electron chi connectivity index (χ4n) is 4.97. The second kappa shape index (κ2) is 3.92. The molecule has 5 unspecified atom stereocenters. The molecule has 0 heterocycles. The third-order valence-corrected chi connectivity index (χ3v) is 5.57. The van der Waals surface area contributed by atoms with E-state index in [-0.39, 0.29) is 11.5 Å². The van der Waals surface area contributed by atoms with Crippen LogP contribution >= 0.6 is 0 Å². The van der Waals surface area contributed by atoms with Crippen LogP contribution in [0.25, 0.3) is 0 Å². The minimum Gasteiger partial charge on any atom is -0.374 e. The highest BCUT2D eigenvalue weighted by molar-refractivity contribution is 5.85. The molecule has 100 valence electrons. The zero-order chi connectivity index (χ0) is 13.0. The first-order valence-corrected chi connectivity index (χ1v) is 7.50. The van der Waals surface area contributed by atoms with Gasteiger partial charge in [-0.15, -0.1) is 0 Å². The maximum Gasteiger partial charge on any atom is 0.136 e. The third-order valence-electron chi connectivity index (χ3n) is 5.57. The van der Waals surface area contributed by atoms with Gasteiger partial charge in [-0.25, -0.2) is 0 Å². The third kappa shape index (κ3) is 1.38. The Hall–Kier alpha value is -1.15. The van der Waals surface area contributed by atoms with Crippen LogP contribution in [0, 0.1) is 17.8 Å². The van der Waals surface area contributed by atoms with Crippen LogP contribution in [-0.4, -0.2) is 18.0 Å². The zero-order valence-corrected chi connectivity index (χ0v) is 11.3. The molecule has 1 aromatic carbocycles. The number of rotatable bonds is 3. The van der Waals surface area contributed by atoms with E-state index in [1.54, 1.807) is 0 Å². The summed E-state index contributed by atoms with van der Waals surface area (Å²) in [6, 6.07) is 10.7. The van der Waals surface area contributed by atoms with E-state index in [1.807, 2.05) is 0 Å². The topological polar surface area (TPSA) is 26.3 Å². The zero-order valence-electron chi connectivity index (χ0n) is 11.3. The van der Waals surface area contributed by atoms with Gasteiger partial charge in [0.15, 0.2) is 0 Å². The van der Waals surface area contributed by atoms with Crippen molar-refractivity contribution in [3.8, 4) is 0 Å². The summed E-state index contributed by atoms with van der Waals surface area (Å²) in [7, 11) is 0. The molecule has 0 aliphatic heterocycles. The normalized spacial score (nSPS) is 43.1. The lowest BCUT2D eigenvalue weighted by molar-refractivity contribution is -0.139. The molecule has 5 rings (SSSR count). The van der Waals surface area contributed by atoms with Gasteiger partial charge in [0.2, 0.25) is 0 Å². The predicted octanol–water partition coefficient (Wildman–Crippen LogP) is 3.17. The molecule has 1 aromatic rings. The molecule has 4 aliphatic carbocycles. The predicted molar refractivity (Wildman–Crippen MR) is 72.9 cm³/mol. The van der Waals surface area contributed by atoms with E-state index in [0.717, 1.165) is 19.4 Å². The van der Waals surface area contributed by atoms with Crippen molar-refractivity contribution < 1.29 is 9.53 Å². The Kier molecular flexibility index (Phi) is 2.41. The summed E-state index contributed by atoms with van der Waals surface area (Å²) in [5.41, 5.74) is 1.36. The fourth-order valence-corrected chi connectivity index (χ4v) is 4.97. The van der Waals surface area contributed by atoms with Crippen molar-refractivity contribution in [1.29, 1.82) is 0 Å². The Morgan fingerprint density at radius 1 is 1.26 bits per heavy atom. The van der Waals surface area contributed by atoms with Gasteiger partial charge in [0.05, 0.1) is 5.60 Å². The molecule has 4 fully saturated rings. The number of hydrogen-bond donors (Lipinski definition) is 0. The molecule has 0 amide bonds. The van der Waals surface area contributed by atoms with E-state index in [4.69, 9.17) is 4.74 Å². The van der Waals surface area contributed by atoms with Gasteiger partial charge in [0.25, 0.3) is 0 Å². The molecule has 4 saturated carbocycles. The molecule has 0 spiro atoms. The average Bonchev–Trinajstić information content (AvgIpc) is 3.12. The number of carbonyl (C=O) groups excluding carboxylic acids is 1. The van der Waals surface area contributed by atoms with Crippen LogP contribution in [0.5, 0.6) is 0 Å². The number of hydrogen-bond acceptors (Lipinski definition) is 2. The highest BCUT2D eigenvalue weighted by atomic mass is 16.5. The number of ketones is 1. The van der Waals surface area contributed by atoms with Crippen LogP contribution in [0.4, 0.5) is 0 Å². The molecule has 4 aliphatic rings. The van der Waals surface area contributed by atoms with Gasteiger partial charge < -0.3 is 4.74 Å². The lowest BCUT2D eigenvalue weighted by atomic mass is 9.68. The van der Waals surface area contributed by atoms with E-state index in [9.17, 15) is 4.79 Å². The minimum atomic E-state index is -0.00701. The van der Waals surface area contributed by atoms with Crippen molar-refractivity contribution in [2.75, 3.05) is 6.61 Å². The molecule has 0 N–H and O–H groups in total. The number of benzene rings is 1. The Bertz CT molecular complexity index is 509. The number of ether oxygens (including phenoxy) is 1. The maximum atomic E-state index is 12.2. The fraction of sp³-hybridized carbons (Fsp3) is 0.588. The van der Waals surface area contributed by atoms with Crippen LogP contribution in [-0.2, 0) is 9.53 Å². The average molecular weight is 256 g/mol. The van der Waals surface area contributed by atoms with Gasteiger partial charge in [0, 0.05) is 30.8 Å². The largest absolute Gasteiger partial charge is 0.374 e. The Balaban J connectivity index is 1.76. The molecule has 0 radical (unpaired) electrons. The Labute approximate surface area is 114 Å². The first-order chi connectivity index (χ1) is 9.29. The first-order valence-electron chi connectivity index (χ1n) is 7.50. The van der Waals surface area contributed by atoms with Crippen LogP contribution in [0.2, 0.25) is 0 Å². The van der Waals surface area contributed by atoms with Gasteiger partial charge in [0.1, 0.15) is 5.78 Å². The van der Waals surface area contributed by atoms with Crippen molar-refractivity contribution in [2.24, 2.45) is 17.8 Å². The molecule has 0 aromatic heterocycles. The van der Waals surface area contributed by atoms with Gasteiger partial charge in [-0.3, -0.25) is 4.79 Å². The lowest BCUT2D eigenvalue weighted by Crippen LogP contribution is -2.44. The van der Waals surface area contributed by atoms with Crippen LogP contribution in [0.15, 0.2) is 30.3 Å². The summed E-state index contributed by atoms with van der Waals surface area (Å²) >= 11 is 0. The second-order valence-corrected chi connectivity index (χ2v) is 6.25. The highest BCUT2D eigenvalue weighted by Gasteiger charge is 2.76. The first kappa shape index (κ1) is 11.7. The Morgan fingerprint density at radius 2 is 2.05 bits per heavy atom. The van der Waals surface area contributed by atoms with Gasteiger partial charge >= 0.3 is 0 Å². The van der Waals surface area contributed by atoms with Crippen molar-refractivity contribution in [2.45, 2.75) is 37.7 Å². The molecule has 5 atom stereocenters. The van der Waals surface area contributed by atoms with Crippen LogP contribution in [0.1, 0.15) is 37.7 Å². The van der Waals surface area contributed by atoms with E-state index in [0.29, 0.717) is 23.5 Å². The van der Waals surface area contributed by atoms with Gasteiger partial charge in [-0.1, -0.05) is 30.3 Å². The summed E-state index contributed by atoms with van der Waals surface area (Å²) in [5.74, 6) is 2.13. The number of carbonyl (C=O) groups is 1. The molecular formula is C17H20O2. The van der Waals surface area contributed by atoms with Crippen LogP contribution < -0.4 is 0 Å². The van der Waals surface area contributed by atoms with Gasteiger partial charge in [-0.05, 0) is 31.2 Å². The van der Waals surface area contributed by atoms with E-state index >= 15 is 0 Å². The summed E-state index contributed by atoms with van der Waals surface area (Å²) in [6.07, 6.45) is 3.02. The molecule has 2 heteroatoms. The molecule has 19 heavy (non-hydrogen) atoms. The summed E-state index contributed by atoms with van der Waals surface area (Å²) < 4.78 is 6.24. The monoisotopic (exact) mass is 256 g/mol. The van der Waals surface area contributed by atoms with E-state index < -0.39 is 0 Å². The quantitative estimate of drug-likeness (QED) is 0.830. The molecule has 0 saturated heterocycles. The van der Waals surface area contributed by atoms with Crippen LogP contribution in [0.3, 0.4) is 0 Å². The smallest absolute Gasteiger partial charge is 0.136 e. The minimum absolute atomic E-state index is 0.00701. The molecule has 2 bridgehead atoms. The molecule has 2 nitrogen and oxygen atoms in total. The highest BCUT2D eigenvalue weighted by Crippen LogP contribution is 2.73. The van der Waals surface area contributed by atoms with Crippen molar-refractivity contribution in [3.63, 3.8) is 0 Å². The summed E-state index contributed by atoms with van der Waals surface area (Å²) in [5, 5.41) is 0. The summed E-state index contributed by atoms with van der Waals surface area (Å²) in [6.45, 7) is 2.84.